The van der Waals surface area contributed by atoms with Crippen LogP contribution in [-0.2, 0) is 19.6 Å². The predicted molar refractivity (Wildman–Crippen MR) is 317 cm³/mol. The standard InChI is InChI=1S/C62H63ClN10O10S/c1-62(2)23-19-43(50(35-62)40-9-11-44(63)12-10-40)38-70-28-30-71(31-29-70)45-13-15-48(54(33-45)83-46-32-42-20-24-64-57(42)66-37-46)58(75)68-84(81,82)47-14-16-51(53(34-47)73(79)80)65-36-39-21-26-69(27-22-39)25-4-3-6-41-7-5-8-49-56(41)61(78)72(60(49)77)52-17-18-55(74)67-59(52)76/h5,7-16,20,24,32-34,37,39,52,65H,4,17-19,21-23,25-31,35-36,38H2,1-2H3,(H,64,66)(H,68,75)(H,67,74,76). The molecule has 20 nitrogen and oxygen atoms in total. The zero-order valence-corrected chi connectivity index (χ0v) is 48.1. The number of aromatic nitrogens is 2. The fourth-order valence-electron chi connectivity index (χ4n) is 11.9. The third kappa shape index (κ3) is 12.6. The lowest BCUT2D eigenvalue weighted by Crippen LogP contribution is -2.54. The SMILES string of the molecule is CC1(C)CCC(CN2CCN(c3ccc(C(=O)NS(=O)(=O)c4ccc(NCC5CCN(CCC#Cc6cccc7c6C(=O)N(C6CCC(=O)NC6=O)C7=O)CC5)c([N+](=O)[O-])c4)c(Oc4cnc5[nH]ccc5c4)c3)CC2)=C(c2ccc(Cl)cc2)C1. The van der Waals surface area contributed by atoms with Gasteiger partial charge in [-0.3, -0.25) is 49.2 Å². The van der Waals surface area contributed by atoms with Crippen molar-refractivity contribution in [3.63, 3.8) is 0 Å². The number of imide groups is 2. The fourth-order valence-corrected chi connectivity index (χ4v) is 13.0. The maximum absolute atomic E-state index is 14.2. The molecule has 4 N–H and O–H groups in total. The van der Waals surface area contributed by atoms with Gasteiger partial charge >= 0.3 is 0 Å². The molecule has 1 atom stereocenters. The van der Waals surface area contributed by atoms with Crippen molar-refractivity contribution in [1.82, 2.24) is 34.7 Å². The Kier molecular flexibility index (Phi) is 16.4. The number of anilines is 2. The normalized spacial score (nSPS) is 18.8. The molecule has 3 fully saturated rings. The minimum atomic E-state index is -4.65. The lowest BCUT2D eigenvalue weighted by molar-refractivity contribution is -0.384. The van der Waals surface area contributed by atoms with E-state index >= 15 is 0 Å². The number of pyridine rings is 1. The molecule has 6 heterocycles. The van der Waals surface area contributed by atoms with Crippen LogP contribution in [0, 0.1) is 33.3 Å². The van der Waals surface area contributed by atoms with E-state index in [1.165, 1.54) is 47.2 Å². The number of hydrogen-bond acceptors (Lipinski definition) is 15. The number of ether oxygens (including phenoxy) is 1. The van der Waals surface area contributed by atoms with Crippen LogP contribution in [0.5, 0.6) is 11.5 Å². The average Bonchev–Trinajstić information content (AvgIpc) is 4.24. The van der Waals surface area contributed by atoms with Crippen LogP contribution in [0.3, 0.4) is 0 Å². The summed E-state index contributed by atoms with van der Waals surface area (Å²) < 4.78 is 36.4. The number of piperidine rings is 2. The number of carbonyl (C=O) groups excluding carboxylic acids is 5. The van der Waals surface area contributed by atoms with Crippen LogP contribution in [-0.4, -0.2) is 132 Å². The minimum absolute atomic E-state index is 0.0233. The van der Waals surface area contributed by atoms with Crippen molar-refractivity contribution in [3.8, 4) is 23.3 Å². The molecule has 2 aromatic heterocycles. The summed E-state index contributed by atoms with van der Waals surface area (Å²) in [6.45, 7) is 11.0. The zero-order chi connectivity index (χ0) is 58.9. The van der Waals surface area contributed by atoms with E-state index in [0.29, 0.717) is 54.6 Å². The number of likely N-dealkylation sites (tertiary alicyclic amines) is 1. The number of nitro benzene ring substituents is 1. The Labute approximate surface area is 491 Å². The monoisotopic (exact) mass is 1170 g/mol. The molecule has 84 heavy (non-hydrogen) atoms. The lowest BCUT2D eigenvalue weighted by atomic mass is 9.72. The van der Waals surface area contributed by atoms with Crippen molar-refractivity contribution in [1.29, 1.82) is 0 Å². The van der Waals surface area contributed by atoms with E-state index < -0.39 is 61.1 Å². The van der Waals surface area contributed by atoms with Crippen molar-refractivity contribution in [2.75, 3.05) is 69.1 Å². The van der Waals surface area contributed by atoms with E-state index in [1.807, 2.05) is 18.2 Å². The molecule has 434 valence electrons. The van der Waals surface area contributed by atoms with Gasteiger partial charge in [-0.1, -0.05) is 61.1 Å². The summed E-state index contributed by atoms with van der Waals surface area (Å²) in [4.78, 5) is 91.7. The second kappa shape index (κ2) is 24.0. The first kappa shape index (κ1) is 57.4. The molecule has 0 bridgehead atoms. The number of sulfonamides is 1. The van der Waals surface area contributed by atoms with Crippen molar-refractivity contribution < 1.29 is 42.1 Å². The van der Waals surface area contributed by atoms with Gasteiger partial charge in [0, 0.05) is 98.6 Å². The second-order valence-electron chi connectivity index (χ2n) is 22.8. The number of nitrogens with one attached hydrogen (secondary N) is 4. The number of H-pyrrole nitrogens is 1. The van der Waals surface area contributed by atoms with Gasteiger partial charge in [0.1, 0.15) is 28.9 Å². The summed E-state index contributed by atoms with van der Waals surface area (Å²) in [5.74, 6) is 3.41. The number of fused-ring (bicyclic) bond motifs is 2. The van der Waals surface area contributed by atoms with Crippen LogP contribution in [0.1, 0.15) is 107 Å². The summed E-state index contributed by atoms with van der Waals surface area (Å²) in [6.07, 6.45) is 8.49. The van der Waals surface area contributed by atoms with Crippen LogP contribution >= 0.6 is 11.6 Å². The van der Waals surface area contributed by atoms with Gasteiger partial charge in [0.15, 0.2) is 0 Å². The predicted octanol–water partition coefficient (Wildman–Crippen LogP) is 8.79. The summed E-state index contributed by atoms with van der Waals surface area (Å²) in [5.41, 5.74) is 5.96. The number of nitro groups is 1. The first-order valence-corrected chi connectivity index (χ1v) is 30.1. The van der Waals surface area contributed by atoms with Gasteiger partial charge in [0.25, 0.3) is 33.4 Å². The maximum Gasteiger partial charge on any atom is 0.293 e. The van der Waals surface area contributed by atoms with Gasteiger partial charge in [-0.15, -0.1) is 0 Å². The van der Waals surface area contributed by atoms with Crippen molar-refractivity contribution >= 4 is 84.8 Å². The van der Waals surface area contributed by atoms with E-state index in [0.717, 1.165) is 86.9 Å². The Hall–Kier alpha value is -8.42. The zero-order valence-electron chi connectivity index (χ0n) is 46.5. The summed E-state index contributed by atoms with van der Waals surface area (Å²) in [6, 6.07) is 24.0. The maximum atomic E-state index is 14.2. The summed E-state index contributed by atoms with van der Waals surface area (Å²) in [7, 11) is -4.65. The molecule has 22 heteroatoms. The fraction of sp³-hybridized carbons (Fsp3) is 0.355. The number of benzene rings is 4. The molecule has 0 saturated carbocycles. The number of hydrogen-bond donors (Lipinski definition) is 4. The van der Waals surface area contributed by atoms with Crippen LogP contribution in [0.15, 0.2) is 114 Å². The molecule has 4 aliphatic heterocycles. The number of rotatable bonds is 16. The van der Waals surface area contributed by atoms with E-state index in [2.05, 4.69) is 77.8 Å². The first-order chi connectivity index (χ1) is 40.4. The topological polar surface area (TPSA) is 250 Å². The van der Waals surface area contributed by atoms with Gasteiger partial charge in [-0.05, 0) is 135 Å². The van der Waals surface area contributed by atoms with E-state index in [1.54, 1.807) is 36.5 Å². The Morgan fingerprint density at radius 3 is 2.45 bits per heavy atom. The molecule has 4 aromatic carbocycles. The molecule has 11 rings (SSSR count). The molecule has 0 radical (unpaired) electrons. The van der Waals surface area contributed by atoms with Gasteiger partial charge in [-0.25, -0.2) is 18.1 Å². The highest BCUT2D eigenvalue weighted by molar-refractivity contribution is 7.90. The number of amides is 5. The van der Waals surface area contributed by atoms with Crippen LogP contribution in [0.4, 0.5) is 17.1 Å². The third-order valence-electron chi connectivity index (χ3n) is 16.6. The number of nitrogens with zero attached hydrogens (tertiary/aromatic N) is 6. The Morgan fingerprint density at radius 1 is 0.905 bits per heavy atom. The molecule has 6 aromatic rings. The van der Waals surface area contributed by atoms with E-state index in [9.17, 15) is 42.5 Å². The lowest BCUT2D eigenvalue weighted by Gasteiger charge is -2.39. The van der Waals surface area contributed by atoms with Gasteiger partial charge in [-0.2, -0.15) is 0 Å². The highest BCUT2D eigenvalue weighted by Gasteiger charge is 2.45. The third-order valence-corrected chi connectivity index (χ3v) is 18.2. The van der Waals surface area contributed by atoms with Gasteiger partial charge in [0.2, 0.25) is 11.8 Å². The average molecular weight is 1180 g/mol. The first-order valence-electron chi connectivity index (χ1n) is 28.2. The number of allylic oxidation sites excluding steroid dienone is 1. The van der Waals surface area contributed by atoms with E-state index in [-0.39, 0.29) is 52.3 Å². The van der Waals surface area contributed by atoms with Crippen LogP contribution in [0.2, 0.25) is 5.02 Å². The summed E-state index contributed by atoms with van der Waals surface area (Å²) in [5, 5.41) is 19.3. The van der Waals surface area contributed by atoms with Crippen molar-refractivity contribution in [2.24, 2.45) is 11.3 Å². The molecule has 5 aliphatic rings. The molecular weight excluding hydrogens is 1110 g/mol. The van der Waals surface area contributed by atoms with Crippen molar-refractivity contribution in [3.05, 3.63) is 152 Å². The van der Waals surface area contributed by atoms with E-state index in [4.69, 9.17) is 16.3 Å². The molecule has 0 spiro atoms. The smallest absolute Gasteiger partial charge is 0.293 e. The minimum Gasteiger partial charge on any atom is -0.455 e. The van der Waals surface area contributed by atoms with Gasteiger partial charge in [0.05, 0.1) is 32.7 Å². The largest absolute Gasteiger partial charge is 0.455 e. The Balaban J connectivity index is 0.707. The number of piperazine rings is 1. The number of carbonyl (C=O) groups is 5. The number of aromatic amines is 1. The molecule has 1 unspecified atom stereocenters. The number of halogens is 1. The van der Waals surface area contributed by atoms with Crippen molar-refractivity contribution in [2.45, 2.75) is 76.2 Å². The highest BCUT2D eigenvalue weighted by atomic mass is 35.5. The molecular formula is C62H63ClN10O10S. The Morgan fingerprint density at radius 2 is 1.69 bits per heavy atom. The van der Waals surface area contributed by atoms with Crippen LogP contribution < -0.4 is 25.0 Å². The van der Waals surface area contributed by atoms with Gasteiger partial charge < -0.3 is 24.8 Å². The Bertz CT molecular complexity index is 3840. The molecule has 1 aliphatic carbocycles. The summed E-state index contributed by atoms with van der Waals surface area (Å²) >= 11 is 6.27. The van der Waals surface area contributed by atoms with Crippen LogP contribution in [0.25, 0.3) is 16.6 Å². The second-order valence-corrected chi connectivity index (χ2v) is 24.9. The molecule has 5 amide bonds. The quantitative estimate of drug-likeness (QED) is 0.0306. The molecule has 3 saturated heterocycles. The highest BCUT2D eigenvalue weighted by Crippen LogP contribution is 2.44.